The van der Waals surface area contributed by atoms with Crippen LogP contribution >= 0.6 is 0 Å². The molecule has 10 heteroatoms. The van der Waals surface area contributed by atoms with Gasteiger partial charge >= 0.3 is 12.0 Å². The Balaban J connectivity index is 1.56. The third kappa shape index (κ3) is 9.31. The maximum atomic E-state index is 6.13. The SMILES string of the molecule is COCCOc1nc(N(Cc2ccccc2)Cc2ccccc2)c2nc(OCCOC)nc(N(Cc3ccccc3)Cc3ccccc3)c2n1. The van der Waals surface area contributed by atoms with Crippen molar-refractivity contribution < 1.29 is 18.9 Å². The average Bonchev–Trinajstić information content (AvgIpc) is 3.16. The first kappa shape index (κ1) is 34.3. The minimum Gasteiger partial charge on any atom is -0.461 e. The standard InChI is InChI=1S/C40H42N6O4/c1-47-23-25-49-39-41-35-36(37(43-39)45(27-31-15-7-3-8-16-31)28-32-17-9-4-10-18-32)42-40(50-26-24-48-2)44-38(35)46(29-33-19-11-5-12-20-33)30-34-21-13-6-14-22-34/h3-22H,23-30H2,1-2H3. The summed E-state index contributed by atoms with van der Waals surface area (Å²) >= 11 is 0. The maximum Gasteiger partial charge on any atom is 0.319 e. The molecule has 0 aliphatic rings. The number of fused-ring (bicyclic) bond motifs is 1. The van der Waals surface area contributed by atoms with Gasteiger partial charge in [0.25, 0.3) is 0 Å². The molecule has 0 saturated carbocycles. The van der Waals surface area contributed by atoms with Gasteiger partial charge in [-0.15, -0.1) is 0 Å². The highest BCUT2D eigenvalue weighted by Gasteiger charge is 2.25. The monoisotopic (exact) mass is 670 g/mol. The lowest BCUT2D eigenvalue weighted by Gasteiger charge is -2.28. The molecule has 0 aliphatic heterocycles. The molecule has 0 radical (unpaired) electrons. The van der Waals surface area contributed by atoms with Gasteiger partial charge in [0.05, 0.1) is 13.2 Å². The third-order valence-corrected chi connectivity index (χ3v) is 7.97. The largest absolute Gasteiger partial charge is 0.461 e. The molecule has 0 amide bonds. The molecule has 10 nitrogen and oxygen atoms in total. The lowest BCUT2D eigenvalue weighted by atomic mass is 10.1. The van der Waals surface area contributed by atoms with Crippen molar-refractivity contribution in [1.29, 1.82) is 0 Å². The Bertz CT molecular complexity index is 1680. The Morgan fingerprint density at radius 3 is 0.980 bits per heavy atom. The summed E-state index contributed by atoms with van der Waals surface area (Å²) in [4.78, 5) is 24.4. The number of anilines is 2. The van der Waals surface area contributed by atoms with Crippen LogP contribution in [0.4, 0.5) is 11.6 Å². The Labute approximate surface area is 293 Å². The van der Waals surface area contributed by atoms with Crippen molar-refractivity contribution >= 4 is 22.7 Å². The van der Waals surface area contributed by atoms with E-state index in [1.54, 1.807) is 14.2 Å². The van der Waals surface area contributed by atoms with E-state index in [2.05, 4.69) is 58.3 Å². The molecule has 0 spiro atoms. The highest BCUT2D eigenvalue weighted by molar-refractivity contribution is 5.94. The Hall–Kier alpha value is -5.58. The Morgan fingerprint density at radius 2 is 0.700 bits per heavy atom. The predicted molar refractivity (Wildman–Crippen MR) is 195 cm³/mol. The minimum absolute atomic E-state index is 0.216. The molecule has 0 bridgehead atoms. The molecular formula is C40H42N6O4. The van der Waals surface area contributed by atoms with E-state index in [0.717, 1.165) is 22.3 Å². The number of hydrogen-bond acceptors (Lipinski definition) is 10. The van der Waals surface area contributed by atoms with E-state index in [1.165, 1.54) is 0 Å². The number of hydrogen-bond donors (Lipinski definition) is 0. The Kier molecular flexibility index (Phi) is 12.1. The summed E-state index contributed by atoms with van der Waals surface area (Å²) in [5, 5.41) is 0. The van der Waals surface area contributed by atoms with E-state index in [0.29, 0.717) is 62.1 Å². The van der Waals surface area contributed by atoms with E-state index in [9.17, 15) is 0 Å². The number of benzene rings is 4. The van der Waals surface area contributed by atoms with Crippen LogP contribution in [0.15, 0.2) is 121 Å². The van der Waals surface area contributed by atoms with Crippen molar-refractivity contribution in [2.45, 2.75) is 26.2 Å². The maximum absolute atomic E-state index is 6.13. The van der Waals surface area contributed by atoms with Crippen molar-refractivity contribution in [2.75, 3.05) is 50.4 Å². The summed E-state index contributed by atoms with van der Waals surface area (Å²) in [6, 6.07) is 41.7. The molecule has 0 atom stereocenters. The topological polar surface area (TPSA) is 95.0 Å². The van der Waals surface area contributed by atoms with Gasteiger partial charge in [0.1, 0.15) is 24.2 Å². The van der Waals surface area contributed by atoms with E-state index in [-0.39, 0.29) is 25.2 Å². The number of methoxy groups -OCH3 is 2. The summed E-state index contributed by atoms with van der Waals surface area (Å²) in [7, 11) is 3.28. The summed E-state index contributed by atoms with van der Waals surface area (Å²) < 4.78 is 22.8. The second kappa shape index (κ2) is 17.7. The first-order chi connectivity index (χ1) is 24.7. The summed E-state index contributed by atoms with van der Waals surface area (Å²) in [5.41, 5.74) is 5.60. The van der Waals surface area contributed by atoms with Crippen LogP contribution in [0.25, 0.3) is 11.0 Å². The quantitative estimate of drug-likeness (QED) is 0.0901. The zero-order valence-corrected chi connectivity index (χ0v) is 28.5. The van der Waals surface area contributed by atoms with Gasteiger partial charge in [-0.1, -0.05) is 121 Å². The lowest BCUT2D eigenvalue weighted by Crippen LogP contribution is -2.26. The molecule has 4 aromatic carbocycles. The van der Waals surface area contributed by atoms with Crippen molar-refractivity contribution in [2.24, 2.45) is 0 Å². The normalized spacial score (nSPS) is 11.0. The van der Waals surface area contributed by atoms with Crippen molar-refractivity contribution in [3.05, 3.63) is 144 Å². The summed E-state index contributed by atoms with van der Waals surface area (Å²) in [5.74, 6) is 1.21. The molecule has 50 heavy (non-hydrogen) atoms. The van der Waals surface area contributed by atoms with Gasteiger partial charge in [0, 0.05) is 40.4 Å². The number of ether oxygens (including phenoxy) is 4. The second-order valence-electron chi connectivity index (χ2n) is 11.7. The first-order valence-corrected chi connectivity index (χ1v) is 16.7. The lowest BCUT2D eigenvalue weighted by molar-refractivity contribution is 0.140. The van der Waals surface area contributed by atoms with Crippen molar-refractivity contribution in [3.8, 4) is 12.0 Å². The highest BCUT2D eigenvalue weighted by Crippen LogP contribution is 2.35. The fourth-order valence-corrected chi connectivity index (χ4v) is 5.58. The van der Waals surface area contributed by atoms with Gasteiger partial charge in [0.2, 0.25) is 0 Å². The molecule has 2 aromatic heterocycles. The zero-order chi connectivity index (χ0) is 34.4. The van der Waals surface area contributed by atoms with E-state index in [4.69, 9.17) is 38.9 Å². The van der Waals surface area contributed by atoms with Crippen molar-refractivity contribution in [1.82, 2.24) is 19.9 Å². The van der Waals surface area contributed by atoms with Crippen LogP contribution in [-0.2, 0) is 35.7 Å². The summed E-state index contributed by atoms with van der Waals surface area (Å²) in [6.07, 6.45) is 0. The fraction of sp³-hybridized carbons (Fsp3) is 0.250. The van der Waals surface area contributed by atoms with Gasteiger partial charge in [-0.05, 0) is 22.3 Å². The average molecular weight is 671 g/mol. The van der Waals surface area contributed by atoms with Crippen LogP contribution in [0.1, 0.15) is 22.3 Å². The molecule has 2 heterocycles. The fourth-order valence-electron chi connectivity index (χ4n) is 5.58. The van der Waals surface area contributed by atoms with Crippen LogP contribution in [0.3, 0.4) is 0 Å². The molecule has 0 unspecified atom stereocenters. The van der Waals surface area contributed by atoms with Crippen LogP contribution in [0.5, 0.6) is 12.0 Å². The molecule has 6 aromatic rings. The highest BCUT2D eigenvalue weighted by atomic mass is 16.5. The smallest absolute Gasteiger partial charge is 0.319 e. The molecular weight excluding hydrogens is 628 g/mol. The predicted octanol–water partition coefficient (Wildman–Crippen LogP) is 6.88. The van der Waals surface area contributed by atoms with Gasteiger partial charge in [-0.25, -0.2) is 0 Å². The first-order valence-electron chi connectivity index (χ1n) is 16.7. The molecule has 0 aliphatic carbocycles. The molecule has 0 N–H and O–H groups in total. The molecule has 0 fully saturated rings. The van der Waals surface area contributed by atoms with Crippen LogP contribution in [0, 0.1) is 0 Å². The minimum atomic E-state index is 0.216. The second-order valence-corrected chi connectivity index (χ2v) is 11.7. The van der Waals surface area contributed by atoms with E-state index < -0.39 is 0 Å². The van der Waals surface area contributed by atoms with Crippen LogP contribution in [-0.4, -0.2) is 60.6 Å². The third-order valence-electron chi connectivity index (χ3n) is 7.97. The summed E-state index contributed by atoms with van der Waals surface area (Å²) in [6.45, 7) is 3.60. The number of nitrogens with zero attached hydrogens (tertiary/aromatic N) is 6. The molecule has 6 rings (SSSR count). The van der Waals surface area contributed by atoms with Crippen molar-refractivity contribution in [3.63, 3.8) is 0 Å². The van der Waals surface area contributed by atoms with E-state index >= 15 is 0 Å². The zero-order valence-electron chi connectivity index (χ0n) is 28.5. The van der Waals surface area contributed by atoms with Crippen LogP contribution < -0.4 is 19.3 Å². The number of rotatable bonds is 18. The van der Waals surface area contributed by atoms with Gasteiger partial charge in [0.15, 0.2) is 11.6 Å². The van der Waals surface area contributed by atoms with E-state index in [1.807, 2.05) is 72.8 Å². The van der Waals surface area contributed by atoms with Gasteiger partial charge in [-0.2, -0.15) is 19.9 Å². The molecule has 256 valence electrons. The molecule has 0 saturated heterocycles. The van der Waals surface area contributed by atoms with Gasteiger partial charge < -0.3 is 28.7 Å². The van der Waals surface area contributed by atoms with Gasteiger partial charge in [-0.3, -0.25) is 0 Å². The van der Waals surface area contributed by atoms with Crippen LogP contribution in [0.2, 0.25) is 0 Å². The Morgan fingerprint density at radius 1 is 0.400 bits per heavy atom. The number of aromatic nitrogens is 4.